The van der Waals surface area contributed by atoms with Crippen LogP contribution in [0.15, 0.2) is 6.07 Å². The molecular formula is C22H21FN2O4. The van der Waals surface area contributed by atoms with Crippen molar-refractivity contribution in [1.82, 2.24) is 9.88 Å². The van der Waals surface area contributed by atoms with Crippen LogP contribution in [-0.2, 0) is 33.7 Å². The van der Waals surface area contributed by atoms with Crippen molar-refractivity contribution in [3.05, 3.63) is 39.8 Å². The smallest absolute Gasteiger partial charge is 0.335 e. The van der Waals surface area contributed by atoms with Gasteiger partial charge in [0.15, 0.2) is 6.10 Å². The van der Waals surface area contributed by atoms with Gasteiger partial charge in [0, 0.05) is 23.9 Å². The Morgan fingerprint density at radius 1 is 1.24 bits per heavy atom. The van der Waals surface area contributed by atoms with E-state index in [-0.39, 0.29) is 24.4 Å². The van der Waals surface area contributed by atoms with E-state index in [0.717, 1.165) is 41.5 Å². The van der Waals surface area contributed by atoms with Gasteiger partial charge in [-0.2, -0.15) is 0 Å². The van der Waals surface area contributed by atoms with Crippen LogP contribution < -0.4 is 0 Å². The summed E-state index contributed by atoms with van der Waals surface area (Å²) in [6.45, 7) is 2.33. The SMILES string of the molecule is Cc1c(F)cc2nc3c(c4c2c1CCC4)CN1C(=O)C2COC(=O)[C@@H](O)C2CC31. The van der Waals surface area contributed by atoms with Crippen LogP contribution in [0.3, 0.4) is 0 Å². The predicted molar refractivity (Wildman–Crippen MR) is 100 cm³/mol. The second kappa shape index (κ2) is 5.75. The number of nitrogens with zero attached hydrogens (tertiary/aromatic N) is 2. The summed E-state index contributed by atoms with van der Waals surface area (Å²) < 4.78 is 19.5. The van der Waals surface area contributed by atoms with E-state index in [4.69, 9.17) is 9.72 Å². The molecule has 1 aliphatic carbocycles. The Labute approximate surface area is 166 Å². The van der Waals surface area contributed by atoms with Gasteiger partial charge in [-0.1, -0.05) is 0 Å². The summed E-state index contributed by atoms with van der Waals surface area (Å²) in [6.07, 6.45) is 1.88. The lowest BCUT2D eigenvalue weighted by Crippen LogP contribution is -2.54. The normalized spacial score (nSPS) is 30.1. The molecule has 0 spiro atoms. The lowest BCUT2D eigenvalue weighted by molar-refractivity contribution is -0.181. The van der Waals surface area contributed by atoms with Gasteiger partial charge in [0.25, 0.3) is 0 Å². The minimum absolute atomic E-state index is 0.0236. The standard InChI is InChI=1S/C22H21FN2O4/c1-9-10-3-2-4-11-13-7-25-17(19(13)24-16(18(10)11)6-15(9)23)5-12-14(21(25)27)8-29-22(28)20(12)26/h6,12,14,17,20,26H,2-5,7-8H2,1H3/t12?,14?,17?,20-/m0/s1. The number of ether oxygens (including phenoxy) is 1. The van der Waals surface area contributed by atoms with E-state index in [1.165, 1.54) is 11.6 Å². The number of pyridine rings is 1. The summed E-state index contributed by atoms with van der Waals surface area (Å²) in [5.74, 6) is -1.96. The fourth-order valence-electron chi connectivity index (χ4n) is 5.89. The molecule has 2 aromatic rings. The van der Waals surface area contributed by atoms with Gasteiger partial charge in [0.05, 0.1) is 23.2 Å². The molecule has 150 valence electrons. The third kappa shape index (κ3) is 2.16. The van der Waals surface area contributed by atoms with Crippen molar-refractivity contribution in [3.8, 4) is 0 Å². The van der Waals surface area contributed by atoms with Gasteiger partial charge in [-0.25, -0.2) is 9.18 Å². The van der Waals surface area contributed by atoms with E-state index in [2.05, 4.69) is 0 Å². The summed E-state index contributed by atoms with van der Waals surface area (Å²) in [5, 5.41) is 11.4. The maximum atomic E-state index is 14.5. The lowest BCUT2D eigenvalue weighted by Gasteiger charge is -2.43. The van der Waals surface area contributed by atoms with E-state index in [1.54, 1.807) is 0 Å². The number of aryl methyl sites for hydroxylation is 2. The maximum Gasteiger partial charge on any atom is 0.335 e. The number of cyclic esters (lactones) is 1. The van der Waals surface area contributed by atoms with Gasteiger partial charge in [-0.05, 0) is 54.9 Å². The third-order valence-electron chi connectivity index (χ3n) is 7.39. The number of esters is 1. The molecule has 0 bridgehead atoms. The fourth-order valence-corrected chi connectivity index (χ4v) is 5.89. The first-order chi connectivity index (χ1) is 14.0. The molecule has 4 aliphatic rings. The van der Waals surface area contributed by atoms with Crippen molar-refractivity contribution in [3.63, 3.8) is 0 Å². The molecular weight excluding hydrogens is 375 g/mol. The van der Waals surface area contributed by atoms with Crippen molar-refractivity contribution < 1.29 is 23.8 Å². The summed E-state index contributed by atoms with van der Waals surface area (Å²) in [7, 11) is 0. The summed E-state index contributed by atoms with van der Waals surface area (Å²) in [6, 6.07) is 1.22. The predicted octanol–water partition coefficient (Wildman–Crippen LogP) is 2.11. The Hall–Kier alpha value is -2.54. The Kier molecular flexibility index (Phi) is 3.44. The van der Waals surface area contributed by atoms with Crippen molar-refractivity contribution in [2.24, 2.45) is 11.8 Å². The second-order valence-electron chi connectivity index (χ2n) is 8.73. The molecule has 4 heterocycles. The Morgan fingerprint density at radius 2 is 2.03 bits per heavy atom. The number of hydrogen-bond donors (Lipinski definition) is 1. The topological polar surface area (TPSA) is 79.7 Å². The zero-order chi connectivity index (χ0) is 20.0. The Balaban J connectivity index is 1.53. The van der Waals surface area contributed by atoms with Crippen molar-refractivity contribution >= 4 is 22.8 Å². The molecule has 7 heteroatoms. The number of aliphatic hydroxyl groups excluding tert-OH is 1. The average Bonchev–Trinajstić information content (AvgIpc) is 3.08. The molecule has 0 radical (unpaired) electrons. The lowest BCUT2D eigenvalue weighted by atomic mass is 9.76. The van der Waals surface area contributed by atoms with Crippen LogP contribution in [-0.4, -0.2) is 39.6 Å². The number of aromatic nitrogens is 1. The highest BCUT2D eigenvalue weighted by molar-refractivity contribution is 5.91. The molecule has 1 aromatic carbocycles. The van der Waals surface area contributed by atoms with Gasteiger partial charge in [-0.3, -0.25) is 9.78 Å². The van der Waals surface area contributed by atoms with Crippen molar-refractivity contribution in [2.45, 2.75) is 51.3 Å². The van der Waals surface area contributed by atoms with Gasteiger partial charge in [0.2, 0.25) is 5.91 Å². The summed E-state index contributed by atoms with van der Waals surface area (Å²) in [4.78, 5) is 31.7. The van der Waals surface area contributed by atoms with Gasteiger partial charge in [-0.15, -0.1) is 0 Å². The number of amides is 1. The zero-order valence-electron chi connectivity index (χ0n) is 16.1. The second-order valence-corrected chi connectivity index (χ2v) is 8.73. The van der Waals surface area contributed by atoms with Crippen LogP contribution in [0.4, 0.5) is 4.39 Å². The molecule has 3 unspecified atom stereocenters. The largest absolute Gasteiger partial charge is 0.463 e. The average molecular weight is 396 g/mol. The molecule has 2 saturated heterocycles. The van der Waals surface area contributed by atoms with Gasteiger partial charge in [0.1, 0.15) is 12.4 Å². The Morgan fingerprint density at radius 3 is 2.86 bits per heavy atom. The Bertz CT molecular complexity index is 1110. The van der Waals surface area contributed by atoms with Crippen LogP contribution in [0, 0.1) is 24.6 Å². The minimum atomic E-state index is -1.28. The van der Waals surface area contributed by atoms with Crippen LogP contribution in [0.25, 0.3) is 10.9 Å². The van der Waals surface area contributed by atoms with Gasteiger partial charge >= 0.3 is 5.97 Å². The molecule has 1 N–H and O–H groups in total. The molecule has 29 heavy (non-hydrogen) atoms. The molecule has 3 aliphatic heterocycles. The monoisotopic (exact) mass is 396 g/mol. The molecule has 6 rings (SSSR count). The first-order valence-corrected chi connectivity index (χ1v) is 10.2. The first-order valence-electron chi connectivity index (χ1n) is 10.2. The number of fused-ring (bicyclic) bond motifs is 5. The maximum absolute atomic E-state index is 14.5. The summed E-state index contributed by atoms with van der Waals surface area (Å²) in [5.41, 5.74) is 5.45. The number of carbonyl (C=O) groups excluding carboxylic acids is 2. The fraction of sp³-hybridized carbons (Fsp3) is 0.500. The van der Waals surface area contributed by atoms with Crippen molar-refractivity contribution in [1.29, 1.82) is 0 Å². The molecule has 6 nitrogen and oxygen atoms in total. The number of carbonyl (C=O) groups is 2. The third-order valence-corrected chi connectivity index (χ3v) is 7.39. The highest BCUT2D eigenvalue weighted by Crippen LogP contribution is 2.49. The number of benzene rings is 1. The number of rotatable bonds is 0. The number of aliphatic hydroxyl groups is 1. The van der Waals surface area contributed by atoms with Crippen LogP contribution in [0.1, 0.15) is 46.8 Å². The highest BCUT2D eigenvalue weighted by Gasteiger charge is 2.53. The minimum Gasteiger partial charge on any atom is -0.463 e. The summed E-state index contributed by atoms with van der Waals surface area (Å²) >= 11 is 0. The number of halogens is 1. The molecule has 1 aromatic heterocycles. The first kappa shape index (κ1) is 17.3. The van der Waals surface area contributed by atoms with E-state index in [0.29, 0.717) is 24.0 Å². The van der Waals surface area contributed by atoms with Crippen LogP contribution in [0.2, 0.25) is 0 Å². The van der Waals surface area contributed by atoms with E-state index in [1.807, 2.05) is 11.8 Å². The van der Waals surface area contributed by atoms with Crippen LogP contribution >= 0.6 is 0 Å². The zero-order valence-corrected chi connectivity index (χ0v) is 16.1. The highest BCUT2D eigenvalue weighted by atomic mass is 19.1. The van der Waals surface area contributed by atoms with E-state index < -0.39 is 23.9 Å². The van der Waals surface area contributed by atoms with E-state index >= 15 is 0 Å². The van der Waals surface area contributed by atoms with Crippen molar-refractivity contribution in [2.75, 3.05) is 6.61 Å². The molecule has 2 fully saturated rings. The molecule has 1 amide bonds. The van der Waals surface area contributed by atoms with Crippen LogP contribution in [0.5, 0.6) is 0 Å². The number of hydrogen-bond acceptors (Lipinski definition) is 5. The molecule has 4 atom stereocenters. The molecule has 0 saturated carbocycles. The van der Waals surface area contributed by atoms with E-state index in [9.17, 15) is 19.1 Å². The van der Waals surface area contributed by atoms with Gasteiger partial charge < -0.3 is 14.7 Å². The number of piperidine rings is 1. The quantitative estimate of drug-likeness (QED) is 0.690.